The summed E-state index contributed by atoms with van der Waals surface area (Å²) < 4.78 is 0. The van der Waals surface area contributed by atoms with Crippen molar-refractivity contribution in [2.24, 2.45) is 33.5 Å². The van der Waals surface area contributed by atoms with E-state index in [4.69, 9.17) is 0 Å². The lowest BCUT2D eigenvalue weighted by Crippen LogP contribution is -2.56. The molecule has 4 rings (SSSR count). The molecular weight excluding hydrogens is 256 g/mol. The number of rotatable bonds is 0. The van der Waals surface area contributed by atoms with Gasteiger partial charge in [-0.25, -0.2) is 0 Å². The van der Waals surface area contributed by atoms with Crippen LogP contribution in [0.1, 0.15) is 85.5 Å². The predicted molar refractivity (Wildman–Crippen MR) is 86.0 cm³/mol. The Bertz CT molecular complexity index is 492. The van der Waals surface area contributed by atoms with Crippen LogP contribution in [0.2, 0.25) is 0 Å². The second-order valence-electron chi connectivity index (χ2n) is 10.2. The Morgan fingerprint density at radius 2 is 1.62 bits per heavy atom. The van der Waals surface area contributed by atoms with E-state index in [2.05, 4.69) is 27.7 Å². The lowest BCUT2D eigenvalue weighted by atomic mass is 9.40. The zero-order chi connectivity index (χ0) is 15.1. The number of carbonyl (C=O) groups excluding carboxylic acids is 1. The molecule has 21 heavy (non-hydrogen) atoms. The summed E-state index contributed by atoms with van der Waals surface area (Å²) in [5, 5.41) is 0. The summed E-state index contributed by atoms with van der Waals surface area (Å²) in [5.41, 5.74) is 1.45. The number of hydrogen-bond acceptors (Lipinski definition) is 1. The van der Waals surface area contributed by atoms with Crippen molar-refractivity contribution >= 4 is 5.78 Å². The van der Waals surface area contributed by atoms with Crippen LogP contribution in [0, 0.1) is 33.5 Å². The van der Waals surface area contributed by atoms with Crippen molar-refractivity contribution in [1.82, 2.24) is 0 Å². The van der Waals surface area contributed by atoms with Gasteiger partial charge in [0.2, 0.25) is 0 Å². The highest BCUT2D eigenvalue weighted by Crippen LogP contribution is 2.72. The van der Waals surface area contributed by atoms with Crippen LogP contribution in [0.5, 0.6) is 0 Å². The number of fused-ring (bicyclic) bond motifs is 3. The van der Waals surface area contributed by atoms with Gasteiger partial charge < -0.3 is 0 Å². The third-order valence-corrected chi connectivity index (χ3v) is 8.65. The molecule has 0 heterocycles. The van der Waals surface area contributed by atoms with Crippen LogP contribution in [-0.4, -0.2) is 5.78 Å². The fraction of sp³-hybridized carbons (Fsp3) is 0.950. The molecule has 0 aliphatic heterocycles. The minimum Gasteiger partial charge on any atom is -0.299 e. The molecule has 4 aliphatic carbocycles. The Hall–Kier alpha value is -0.330. The van der Waals surface area contributed by atoms with Gasteiger partial charge >= 0.3 is 0 Å². The quantitative estimate of drug-likeness (QED) is 0.585. The zero-order valence-corrected chi connectivity index (χ0v) is 14.4. The first kappa shape index (κ1) is 14.3. The van der Waals surface area contributed by atoms with Crippen LogP contribution in [0.4, 0.5) is 0 Å². The van der Waals surface area contributed by atoms with Crippen LogP contribution in [0.25, 0.3) is 0 Å². The monoisotopic (exact) mass is 288 g/mol. The lowest BCUT2D eigenvalue weighted by Gasteiger charge is -2.64. The third-order valence-electron chi connectivity index (χ3n) is 8.65. The van der Waals surface area contributed by atoms with Gasteiger partial charge in [-0.05, 0) is 73.0 Å². The Labute approximate surface area is 130 Å². The molecule has 4 fully saturated rings. The minimum absolute atomic E-state index is 0.0455. The molecule has 1 nitrogen and oxygen atoms in total. The number of Topliss-reactive ketones (excluding diaryl/α,β-unsaturated/α-hetero) is 1. The van der Waals surface area contributed by atoms with Crippen LogP contribution in [0.15, 0.2) is 0 Å². The van der Waals surface area contributed by atoms with E-state index in [0.717, 1.165) is 18.3 Å². The predicted octanol–water partition coefficient (Wildman–Crippen LogP) is 5.38. The maximum atomic E-state index is 12.6. The van der Waals surface area contributed by atoms with Crippen molar-refractivity contribution in [3.63, 3.8) is 0 Å². The van der Waals surface area contributed by atoms with Crippen LogP contribution >= 0.6 is 0 Å². The summed E-state index contributed by atoms with van der Waals surface area (Å²) >= 11 is 0. The van der Waals surface area contributed by atoms with E-state index in [9.17, 15) is 4.79 Å². The molecule has 0 unspecified atom stereocenters. The topological polar surface area (TPSA) is 17.1 Å². The Morgan fingerprint density at radius 3 is 2.38 bits per heavy atom. The molecule has 0 saturated heterocycles. The first-order chi connectivity index (χ1) is 9.72. The highest BCUT2D eigenvalue weighted by Gasteiger charge is 2.66. The molecule has 0 aromatic heterocycles. The van der Waals surface area contributed by atoms with Gasteiger partial charge in [-0.15, -0.1) is 0 Å². The largest absolute Gasteiger partial charge is 0.299 e. The molecule has 0 amide bonds. The zero-order valence-electron chi connectivity index (χ0n) is 14.4. The van der Waals surface area contributed by atoms with Crippen LogP contribution < -0.4 is 0 Å². The molecule has 1 heteroatoms. The van der Waals surface area contributed by atoms with Gasteiger partial charge in [0.15, 0.2) is 0 Å². The van der Waals surface area contributed by atoms with Crippen molar-refractivity contribution in [1.29, 1.82) is 0 Å². The van der Waals surface area contributed by atoms with Crippen molar-refractivity contribution in [2.75, 3.05) is 0 Å². The molecule has 4 saturated carbocycles. The summed E-state index contributed by atoms with van der Waals surface area (Å²) in [5.74, 6) is 2.31. The van der Waals surface area contributed by atoms with E-state index in [-0.39, 0.29) is 5.41 Å². The van der Waals surface area contributed by atoms with E-state index in [1.165, 1.54) is 51.4 Å². The smallest absolute Gasteiger partial charge is 0.139 e. The van der Waals surface area contributed by atoms with E-state index >= 15 is 0 Å². The second kappa shape index (κ2) is 3.95. The standard InChI is InChI=1S/C20H32O/c1-17(2)8-5-9-19(4)14(17)7-11-20-12-16(21)18(3,13-20)10-6-15(19)20/h14-15H,5-13H2,1-4H3/t14-,15+,18+,19-,20+/m0/s1. The fourth-order valence-electron chi connectivity index (χ4n) is 7.83. The number of carbonyl (C=O) groups is 1. The fourth-order valence-corrected chi connectivity index (χ4v) is 7.83. The summed E-state index contributed by atoms with van der Waals surface area (Å²) in [6, 6.07) is 0. The van der Waals surface area contributed by atoms with Gasteiger partial charge in [0.25, 0.3) is 0 Å². The molecule has 0 radical (unpaired) electrons. The summed E-state index contributed by atoms with van der Waals surface area (Å²) in [6.07, 6.45) is 11.6. The van der Waals surface area contributed by atoms with Gasteiger partial charge in [0, 0.05) is 11.8 Å². The first-order valence-corrected chi connectivity index (χ1v) is 9.25. The third kappa shape index (κ3) is 1.67. The molecule has 2 bridgehead atoms. The van der Waals surface area contributed by atoms with E-state index in [0.29, 0.717) is 22.0 Å². The van der Waals surface area contributed by atoms with E-state index < -0.39 is 0 Å². The van der Waals surface area contributed by atoms with Gasteiger partial charge in [0.1, 0.15) is 5.78 Å². The van der Waals surface area contributed by atoms with Gasteiger partial charge in [-0.3, -0.25) is 4.79 Å². The molecule has 118 valence electrons. The van der Waals surface area contributed by atoms with Gasteiger partial charge in [0.05, 0.1) is 0 Å². The average Bonchev–Trinajstić information content (AvgIpc) is 2.54. The van der Waals surface area contributed by atoms with Gasteiger partial charge in [-0.1, -0.05) is 34.1 Å². The Kier molecular flexibility index (Phi) is 2.68. The first-order valence-electron chi connectivity index (χ1n) is 9.25. The normalized spacial score (nSPS) is 55.0. The highest BCUT2D eigenvalue weighted by molar-refractivity contribution is 5.88. The number of ketones is 1. The van der Waals surface area contributed by atoms with Crippen LogP contribution in [0.3, 0.4) is 0 Å². The molecule has 0 N–H and O–H groups in total. The highest BCUT2D eigenvalue weighted by atomic mass is 16.1. The van der Waals surface area contributed by atoms with Crippen molar-refractivity contribution < 1.29 is 4.79 Å². The molecule has 0 aromatic carbocycles. The maximum absolute atomic E-state index is 12.6. The second-order valence-corrected chi connectivity index (χ2v) is 10.2. The van der Waals surface area contributed by atoms with Crippen molar-refractivity contribution in [3.05, 3.63) is 0 Å². The SMILES string of the molecule is CC1(C)CCC[C@@]2(C)[C@H]1CC[C@]13CC(=O)[C@](C)(CC[C@@H]12)C3. The Balaban J connectivity index is 1.75. The molecular formula is C20H32O. The summed E-state index contributed by atoms with van der Waals surface area (Å²) in [6.45, 7) is 9.90. The minimum atomic E-state index is 0.0455. The van der Waals surface area contributed by atoms with Gasteiger partial charge in [-0.2, -0.15) is 0 Å². The van der Waals surface area contributed by atoms with Crippen LogP contribution in [-0.2, 0) is 4.79 Å². The molecule has 1 spiro atoms. The van der Waals surface area contributed by atoms with E-state index in [1.807, 2.05) is 0 Å². The van der Waals surface area contributed by atoms with Crippen molar-refractivity contribution in [3.8, 4) is 0 Å². The Morgan fingerprint density at radius 1 is 0.905 bits per heavy atom. The maximum Gasteiger partial charge on any atom is 0.139 e. The summed E-state index contributed by atoms with van der Waals surface area (Å²) in [7, 11) is 0. The van der Waals surface area contributed by atoms with Crippen molar-refractivity contribution in [2.45, 2.75) is 85.5 Å². The molecule has 5 atom stereocenters. The van der Waals surface area contributed by atoms with E-state index in [1.54, 1.807) is 0 Å². The molecule has 0 aromatic rings. The lowest BCUT2D eigenvalue weighted by molar-refractivity contribution is -0.149. The summed E-state index contributed by atoms with van der Waals surface area (Å²) in [4.78, 5) is 12.6. The molecule has 4 aliphatic rings. The average molecular weight is 288 g/mol. The number of hydrogen-bond donors (Lipinski definition) is 0.